The van der Waals surface area contributed by atoms with E-state index in [1.807, 2.05) is 19.1 Å². The fourth-order valence-corrected chi connectivity index (χ4v) is 1.72. The summed E-state index contributed by atoms with van der Waals surface area (Å²) >= 11 is 0. The van der Waals surface area contributed by atoms with Gasteiger partial charge in [0.25, 0.3) is 5.91 Å². The van der Waals surface area contributed by atoms with Crippen molar-refractivity contribution in [3.63, 3.8) is 0 Å². The molecule has 1 amide bonds. The number of carbonyl (C=O) groups is 1. The fourth-order valence-electron chi connectivity index (χ4n) is 1.72. The van der Waals surface area contributed by atoms with E-state index in [0.29, 0.717) is 18.0 Å². The molecule has 102 valence electrons. The molecule has 0 saturated heterocycles. The van der Waals surface area contributed by atoms with Crippen molar-refractivity contribution in [1.82, 2.24) is 5.32 Å². The van der Waals surface area contributed by atoms with Gasteiger partial charge in [-0.2, -0.15) is 0 Å². The zero-order valence-corrected chi connectivity index (χ0v) is 11.8. The van der Waals surface area contributed by atoms with Crippen molar-refractivity contribution in [2.75, 3.05) is 13.2 Å². The minimum Gasteiger partial charge on any atom is -0.384 e. The summed E-state index contributed by atoms with van der Waals surface area (Å²) in [4.78, 5) is 12.1. The molecule has 0 aliphatic heterocycles. The van der Waals surface area contributed by atoms with Crippen LogP contribution in [0.1, 0.15) is 41.8 Å². The number of aliphatic hydroxyl groups excluding tert-OH is 1. The molecule has 1 aromatic rings. The van der Waals surface area contributed by atoms with E-state index in [9.17, 15) is 4.79 Å². The number of benzene rings is 1. The number of carbonyl (C=O) groups excluding carboxylic acids is 1. The molecule has 1 rings (SSSR count). The fraction of sp³-hybridized carbons (Fsp3) is 0.438. The van der Waals surface area contributed by atoms with Gasteiger partial charge in [0.05, 0.1) is 0 Å². The molecule has 0 spiro atoms. The zero-order valence-electron chi connectivity index (χ0n) is 11.8. The van der Waals surface area contributed by atoms with Crippen LogP contribution in [0, 0.1) is 24.7 Å². The minimum absolute atomic E-state index is 0.0641. The molecule has 3 nitrogen and oxygen atoms in total. The molecular formula is C16H21NO2. The van der Waals surface area contributed by atoms with Crippen molar-refractivity contribution in [3.05, 3.63) is 34.9 Å². The van der Waals surface area contributed by atoms with E-state index in [1.54, 1.807) is 6.07 Å². The van der Waals surface area contributed by atoms with E-state index >= 15 is 0 Å². The first kappa shape index (κ1) is 15.3. The molecule has 0 saturated carbocycles. The van der Waals surface area contributed by atoms with Crippen molar-refractivity contribution in [2.45, 2.75) is 27.2 Å². The van der Waals surface area contributed by atoms with Crippen molar-refractivity contribution in [2.24, 2.45) is 5.92 Å². The summed E-state index contributed by atoms with van der Waals surface area (Å²) < 4.78 is 0. The Labute approximate surface area is 115 Å². The van der Waals surface area contributed by atoms with Crippen LogP contribution in [0.5, 0.6) is 0 Å². The Morgan fingerprint density at radius 1 is 1.42 bits per heavy atom. The van der Waals surface area contributed by atoms with Crippen LogP contribution in [-0.4, -0.2) is 24.2 Å². The van der Waals surface area contributed by atoms with Crippen molar-refractivity contribution >= 4 is 5.91 Å². The van der Waals surface area contributed by atoms with E-state index in [-0.39, 0.29) is 12.5 Å². The second-order valence-corrected chi connectivity index (χ2v) is 4.88. The largest absolute Gasteiger partial charge is 0.384 e. The predicted molar refractivity (Wildman–Crippen MR) is 76.9 cm³/mol. The normalized spacial score (nSPS) is 9.95. The van der Waals surface area contributed by atoms with Gasteiger partial charge in [-0.3, -0.25) is 4.79 Å². The van der Waals surface area contributed by atoms with Crippen molar-refractivity contribution in [3.8, 4) is 11.8 Å². The summed E-state index contributed by atoms with van der Waals surface area (Å²) in [5.41, 5.74) is 2.28. The van der Waals surface area contributed by atoms with Gasteiger partial charge in [-0.25, -0.2) is 0 Å². The number of amides is 1. The molecule has 3 heteroatoms. The number of nitrogens with one attached hydrogen (secondary N) is 1. The molecule has 19 heavy (non-hydrogen) atoms. The molecule has 0 atom stereocenters. The number of rotatable bonds is 4. The third-order valence-corrected chi connectivity index (χ3v) is 2.89. The van der Waals surface area contributed by atoms with Crippen LogP contribution in [0.4, 0.5) is 0 Å². The topological polar surface area (TPSA) is 49.3 Å². The first-order chi connectivity index (χ1) is 9.06. The van der Waals surface area contributed by atoms with Gasteiger partial charge in [-0.05, 0) is 37.0 Å². The first-order valence-electron chi connectivity index (χ1n) is 6.53. The summed E-state index contributed by atoms with van der Waals surface area (Å²) in [6, 6.07) is 5.46. The molecule has 0 aromatic heterocycles. The van der Waals surface area contributed by atoms with Crippen LogP contribution < -0.4 is 5.32 Å². The average Bonchev–Trinajstić information content (AvgIpc) is 2.37. The van der Waals surface area contributed by atoms with Crippen molar-refractivity contribution < 1.29 is 9.90 Å². The quantitative estimate of drug-likeness (QED) is 0.814. The minimum atomic E-state index is -0.176. The highest BCUT2D eigenvalue weighted by molar-refractivity contribution is 5.96. The van der Waals surface area contributed by atoms with Gasteiger partial charge in [-0.1, -0.05) is 31.8 Å². The molecule has 1 aromatic carbocycles. The van der Waals surface area contributed by atoms with Crippen LogP contribution in [0.2, 0.25) is 0 Å². The van der Waals surface area contributed by atoms with E-state index < -0.39 is 0 Å². The van der Waals surface area contributed by atoms with Crippen LogP contribution >= 0.6 is 0 Å². The van der Waals surface area contributed by atoms with Gasteiger partial charge in [0.2, 0.25) is 0 Å². The Balaban J connectivity index is 2.80. The third kappa shape index (κ3) is 4.76. The summed E-state index contributed by atoms with van der Waals surface area (Å²) in [5, 5.41) is 11.6. The second kappa shape index (κ2) is 7.60. The lowest BCUT2D eigenvalue weighted by Crippen LogP contribution is -2.26. The second-order valence-electron chi connectivity index (χ2n) is 4.88. The smallest absolute Gasteiger partial charge is 0.251 e. The highest BCUT2D eigenvalue weighted by Gasteiger charge is 2.10. The molecule has 0 aliphatic carbocycles. The Hall–Kier alpha value is -1.79. The number of hydrogen-bond donors (Lipinski definition) is 2. The van der Waals surface area contributed by atoms with Crippen LogP contribution in [-0.2, 0) is 0 Å². The zero-order chi connectivity index (χ0) is 14.3. The van der Waals surface area contributed by atoms with Gasteiger partial charge in [0, 0.05) is 17.7 Å². The number of aliphatic hydroxyl groups is 1. The van der Waals surface area contributed by atoms with Gasteiger partial charge in [0.15, 0.2) is 0 Å². The molecule has 2 N–H and O–H groups in total. The maximum Gasteiger partial charge on any atom is 0.251 e. The Morgan fingerprint density at radius 3 is 2.79 bits per heavy atom. The Kier molecular flexibility index (Phi) is 6.11. The Bertz CT molecular complexity index is 495. The van der Waals surface area contributed by atoms with E-state index in [1.165, 1.54) is 0 Å². The molecule has 0 aliphatic rings. The molecule has 0 bridgehead atoms. The third-order valence-electron chi connectivity index (χ3n) is 2.89. The number of hydrogen-bond acceptors (Lipinski definition) is 2. The van der Waals surface area contributed by atoms with Gasteiger partial charge in [0.1, 0.15) is 6.61 Å². The summed E-state index contributed by atoms with van der Waals surface area (Å²) in [5.74, 6) is 5.96. The summed E-state index contributed by atoms with van der Waals surface area (Å²) in [6.45, 7) is 6.64. The SMILES string of the molecule is Cc1c(C#CCO)cccc1C(=O)NCCC(C)C. The van der Waals surface area contributed by atoms with E-state index in [0.717, 1.165) is 17.5 Å². The van der Waals surface area contributed by atoms with Crippen LogP contribution in [0.3, 0.4) is 0 Å². The average molecular weight is 259 g/mol. The van der Waals surface area contributed by atoms with Gasteiger partial charge >= 0.3 is 0 Å². The van der Waals surface area contributed by atoms with Crippen LogP contribution in [0.25, 0.3) is 0 Å². The maximum atomic E-state index is 12.1. The van der Waals surface area contributed by atoms with Gasteiger partial charge in [-0.15, -0.1) is 0 Å². The Morgan fingerprint density at radius 2 is 2.16 bits per heavy atom. The molecule has 0 fully saturated rings. The highest BCUT2D eigenvalue weighted by atomic mass is 16.2. The van der Waals surface area contributed by atoms with Crippen LogP contribution in [0.15, 0.2) is 18.2 Å². The summed E-state index contributed by atoms with van der Waals surface area (Å²) in [7, 11) is 0. The highest BCUT2D eigenvalue weighted by Crippen LogP contribution is 2.13. The molecular weight excluding hydrogens is 238 g/mol. The lowest BCUT2D eigenvalue weighted by molar-refractivity contribution is 0.0951. The molecule has 0 unspecified atom stereocenters. The maximum absolute atomic E-state index is 12.1. The van der Waals surface area contributed by atoms with Crippen molar-refractivity contribution in [1.29, 1.82) is 0 Å². The van der Waals surface area contributed by atoms with Gasteiger partial charge < -0.3 is 10.4 Å². The molecule has 0 heterocycles. The first-order valence-corrected chi connectivity index (χ1v) is 6.53. The summed E-state index contributed by atoms with van der Waals surface area (Å²) in [6.07, 6.45) is 0.967. The predicted octanol–water partition coefficient (Wildman–Crippen LogP) is 2.11. The van der Waals surface area contributed by atoms with E-state index in [2.05, 4.69) is 31.0 Å². The monoisotopic (exact) mass is 259 g/mol. The molecule has 0 radical (unpaired) electrons. The van der Waals surface area contributed by atoms with E-state index in [4.69, 9.17) is 5.11 Å². The lowest BCUT2D eigenvalue weighted by Gasteiger charge is -2.10. The standard InChI is InChI=1S/C16H21NO2/c1-12(2)9-10-17-16(19)15-8-4-6-14(13(15)3)7-5-11-18/h4,6,8,12,18H,9-11H2,1-3H3,(H,17,19). The lowest BCUT2D eigenvalue weighted by atomic mass is 10.0.